The summed E-state index contributed by atoms with van der Waals surface area (Å²) in [7, 11) is 0. The minimum Gasteiger partial charge on any atom is -0.272 e. The van der Waals surface area contributed by atoms with Crippen LogP contribution in [-0.2, 0) is 4.79 Å². The number of amides is 1. The Kier molecular flexibility index (Phi) is 3.02. The van der Waals surface area contributed by atoms with Gasteiger partial charge in [-0.1, -0.05) is 0 Å². The summed E-state index contributed by atoms with van der Waals surface area (Å²) in [4.78, 5) is 16.3. The Balaban J connectivity index is 1.95. The number of rotatable bonds is 2. The summed E-state index contributed by atoms with van der Waals surface area (Å²) in [6, 6.07) is 0.874. The molecule has 2 saturated heterocycles. The number of pyridine rings is 1. The molecule has 0 radical (unpaired) electrons. The molecule has 0 unspecified atom stereocenters. The van der Waals surface area contributed by atoms with Crippen molar-refractivity contribution in [2.45, 2.75) is 32.2 Å². The predicted octanol–water partition coefficient (Wildman–Crippen LogP) is 2.39. The summed E-state index contributed by atoms with van der Waals surface area (Å²) in [5.74, 6) is -4.22. The van der Waals surface area contributed by atoms with Crippen molar-refractivity contribution < 1.29 is 18.0 Å². The van der Waals surface area contributed by atoms with E-state index in [-0.39, 0.29) is 6.54 Å². The molecule has 4 nitrogen and oxygen atoms in total. The molecular weight excluding hydrogens is 283 g/mol. The molecule has 0 aliphatic carbocycles. The van der Waals surface area contributed by atoms with Gasteiger partial charge in [0.05, 0.1) is 12.2 Å². The quantitative estimate of drug-likeness (QED) is 0.841. The number of carbonyl (C=O) groups is 1. The van der Waals surface area contributed by atoms with Crippen molar-refractivity contribution in [2.24, 2.45) is 5.41 Å². The Bertz CT molecular complexity index is 589. The number of alkyl halides is 2. The van der Waals surface area contributed by atoms with Gasteiger partial charge in [0.2, 0.25) is 0 Å². The van der Waals surface area contributed by atoms with E-state index in [4.69, 9.17) is 0 Å². The molecule has 0 spiro atoms. The van der Waals surface area contributed by atoms with Gasteiger partial charge in [0, 0.05) is 26.2 Å². The third-order valence-electron chi connectivity index (χ3n) is 4.52. The zero-order valence-electron chi connectivity index (χ0n) is 11.8. The van der Waals surface area contributed by atoms with Crippen LogP contribution in [0, 0.1) is 11.2 Å². The van der Waals surface area contributed by atoms with Crippen LogP contribution >= 0.6 is 0 Å². The normalized spacial score (nSPS) is 30.0. The molecule has 1 amide bonds. The highest BCUT2D eigenvalue weighted by atomic mass is 19.3. The lowest BCUT2D eigenvalue weighted by Gasteiger charge is -2.29. The lowest BCUT2D eigenvalue weighted by Crippen LogP contribution is -2.45. The van der Waals surface area contributed by atoms with Gasteiger partial charge in [-0.25, -0.2) is 18.2 Å². The Morgan fingerprint density at radius 1 is 1.43 bits per heavy atom. The number of hydrogen-bond acceptors (Lipinski definition) is 3. The summed E-state index contributed by atoms with van der Waals surface area (Å²) < 4.78 is 40.9. The molecule has 2 aliphatic rings. The molecule has 1 aromatic heterocycles. The first kappa shape index (κ1) is 14.3. The van der Waals surface area contributed by atoms with Crippen molar-refractivity contribution in [1.82, 2.24) is 15.0 Å². The van der Waals surface area contributed by atoms with Gasteiger partial charge in [-0.05, 0) is 25.0 Å². The third kappa shape index (κ3) is 2.02. The average Bonchev–Trinajstić information content (AvgIpc) is 2.89. The second kappa shape index (κ2) is 4.43. The third-order valence-corrected chi connectivity index (χ3v) is 4.52. The number of hydrazine groups is 1. The van der Waals surface area contributed by atoms with E-state index in [1.54, 1.807) is 5.01 Å². The largest absolute Gasteiger partial charge is 0.272 e. The van der Waals surface area contributed by atoms with Crippen molar-refractivity contribution >= 4 is 5.91 Å². The first-order valence-corrected chi connectivity index (χ1v) is 6.81. The molecule has 2 fully saturated rings. The van der Waals surface area contributed by atoms with E-state index in [0.717, 1.165) is 13.1 Å². The molecule has 2 aliphatic heterocycles. The van der Waals surface area contributed by atoms with Crippen LogP contribution in [-0.4, -0.2) is 39.9 Å². The van der Waals surface area contributed by atoms with Crippen molar-refractivity contribution in [3.8, 4) is 0 Å². The van der Waals surface area contributed by atoms with Crippen LogP contribution < -0.4 is 0 Å². The van der Waals surface area contributed by atoms with Crippen molar-refractivity contribution in [3.63, 3.8) is 0 Å². The van der Waals surface area contributed by atoms with Crippen LogP contribution in [0.4, 0.5) is 13.2 Å². The van der Waals surface area contributed by atoms with Gasteiger partial charge in [-0.15, -0.1) is 0 Å². The maximum absolute atomic E-state index is 13.8. The van der Waals surface area contributed by atoms with E-state index in [9.17, 15) is 18.0 Å². The summed E-state index contributed by atoms with van der Waals surface area (Å²) in [5, 5.41) is 2.99. The van der Waals surface area contributed by atoms with Gasteiger partial charge in [0.15, 0.2) is 0 Å². The molecule has 0 saturated carbocycles. The molecule has 7 heteroatoms. The maximum atomic E-state index is 13.8. The molecule has 0 N–H and O–H groups in total. The highest BCUT2D eigenvalue weighted by Crippen LogP contribution is 2.48. The molecule has 3 rings (SSSR count). The Morgan fingerprint density at radius 2 is 2.14 bits per heavy atom. The number of nitrogens with zero attached hydrogens (tertiary/aromatic N) is 3. The number of halogens is 3. The van der Waals surface area contributed by atoms with E-state index in [0.29, 0.717) is 18.5 Å². The van der Waals surface area contributed by atoms with Gasteiger partial charge in [0.25, 0.3) is 11.8 Å². The van der Waals surface area contributed by atoms with Crippen LogP contribution in [0.5, 0.6) is 0 Å². The highest BCUT2D eigenvalue weighted by molar-refractivity contribution is 5.86. The minimum atomic E-state index is -3.11. The van der Waals surface area contributed by atoms with E-state index >= 15 is 0 Å². The zero-order chi connectivity index (χ0) is 15.4. The monoisotopic (exact) mass is 299 g/mol. The highest BCUT2D eigenvalue weighted by Gasteiger charge is 2.62. The number of aromatic nitrogens is 1. The summed E-state index contributed by atoms with van der Waals surface area (Å²) in [6.07, 6.45) is 3.14. The van der Waals surface area contributed by atoms with Crippen molar-refractivity contribution in [2.75, 3.05) is 13.1 Å². The molecule has 1 aromatic rings. The average molecular weight is 299 g/mol. The molecular formula is C14H16F3N3O. The van der Waals surface area contributed by atoms with Gasteiger partial charge in [-0.2, -0.15) is 0 Å². The molecule has 2 atom stereocenters. The predicted molar refractivity (Wildman–Crippen MR) is 68.7 cm³/mol. The molecule has 114 valence electrons. The van der Waals surface area contributed by atoms with Gasteiger partial charge < -0.3 is 0 Å². The smallest absolute Gasteiger partial charge is 0.260 e. The van der Waals surface area contributed by atoms with Crippen molar-refractivity contribution in [1.29, 1.82) is 0 Å². The molecule has 3 heterocycles. The van der Waals surface area contributed by atoms with E-state index in [2.05, 4.69) is 4.98 Å². The number of carbonyl (C=O) groups excluding carboxylic acids is 1. The maximum Gasteiger partial charge on any atom is 0.260 e. The lowest BCUT2D eigenvalue weighted by atomic mass is 9.83. The van der Waals surface area contributed by atoms with E-state index in [1.807, 2.05) is 0 Å². The standard InChI is InChI=1S/C14H16F3N3O/c1-13(14(2,16)17)8-19-4-3-11(20(19)12(13)21)9-5-10(15)7-18-6-9/h5-7,11H,3-4,8H2,1-2H3/t11-,13+/m1/s1. The van der Waals surface area contributed by atoms with Crippen LogP contribution in [0.25, 0.3) is 0 Å². The first-order valence-electron chi connectivity index (χ1n) is 6.81. The SMILES string of the molecule is CC(F)(F)[C@@]1(C)CN2CC[C@H](c3cncc(F)c3)N2C1=O. The minimum absolute atomic E-state index is 0.0193. The van der Waals surface area contributed by atoms with Crippen LogP contribution in [0.3, 0.4) is 0 Å². The second-order valence-electron chi connectivity index (χ2n) is 6.00. The lowest BCUT2D eigenvalue weighted by molar-refractivity contribution is -0.156. The topological polar surface area (TPSA) is 36.4 Å². The second-order valence-corrected chi connectivity index (χ2v) is 6.00. The number of fused-ring (bicyclic) bond motifs is 1. The first-order chi connectivity index (χ1) is 9.74. The van der Waals surface area contributed by atoms with Gasteiger partial charge in [0.1, 0.15) is 11.2 Å². The Labute approximate surface area is 120 Å². The summed E-state index contributed by atoms with van der Waals surface area (Å²) in [5.41, 5.74) is -1.21. The fourth-order valence-electron chi connectivity index (χ4n) is 3.05. The van der Waals surface area contributed by atoms with Crippen LogP contribution in [0.1, 0.15) is 31.9 Å². The fourth-order valence-corrected chi connectivity index (χ4v) is 3.05. The summed E-state index contributed by atoms with van der Waals surface area (Å²) in [6.45, 7) is 2.54. The Hall–Kier alpha value is -1.63. The Morgan fingerprint density at radius 3 is 2.76 bits per heavy atom. The van der Waals surface area contributed by atoms with Crippen molar-refractivity contribution in [3.05, 3.63) is 29.8 Å². The van der Waals surface area contributed by atoms with Crippen LogP contribution in [0.15, 0.2) is 18.5 Å². The summed E-state index contributed by atoms with van der Waals surface area (Å²) >= 11 is 0. The zero-order valence-corrected chi connectivity index (χ0v) is 11.8. The molecule has 0 aromatic carbocycles. The molecule has 21 heavy (non-hydrogen) atoms. The van der Waals surface area contributed by atoms with Gasteiger partial charge in [-0.3, -0.25) is 14.8 Å². The van der Waals surface area contributed by atoms with Gasteiger partial charge >= 0.3 is 0 Å². The van der Waals surface area contributed by atoms with E-state index in [1.165, 1.54) is 24.2 Å². The molecule has 0 bridgehead atoms. The number of hydrogen-bond donors (Lipinski definition) is 0. The van der Waals surface area contributed by atoms with Crippen LogP contribution in [0.2, 0.25) is 0 Å². The van der Waals surface area contributed by atoms with E-state index < -0.39 is 29.1 Å². The fraction of sp³-hybridized carbons (Fsp3) is 0.571.